The first-order valence-electron chi connectivity index (χ1n) is 11.5. The number of aromatic hydroxyl groups is 1. The highest BCUT2D eigenvalue weighted by Crippen LogP contribution is 2.35. The van der Waals surface area contributed by atoms with E-state index in [2.05, 4.69) is 10.2 Å². The summed E-state index contributed by atoms with van der Waals surface area (Å²) in [6, 6.07) is 2.87. The standard InChI is InChI=1S/C25H26F2N4O4S/c1-12(2)22(34)25(5)11-30-10-16(20(32)21(33)19(30)24(35)31(25)13(3)4)23-29-28-18(36-23)8-14-6-7-15(26)9-17(14)27/h6-7,9-10,12-13,33H,8,11H2,1-5H3/t25-/m0/s1. The second kappa shape index (κ2) is 9.20. The fourth-order valence-electron chi connectivity index (χ4n) is 4.78. The number of carbonyl (C=O) groups excluding carboxylic acids is 2. The molecule has 1 N–H and O–H groups in total. The van der Waals surface area contributed by atoms with E-state index in [4.69, 9.17) is 0 Å². The van der Waals surface area contributed by atoms with E-state index >= 15 is 0 Å². The van der Waals surface area contributed by atoms with Crippen LogP contribution in [-0.2, 0) is 17.8 Å². The highest BCUT2D eigenvalue weighted by atomic mass is 32.1. The van der Waals surface area contributed by atoms with Crippen LogP contribution in [-0.4, -0.2) is 48.0 Å². The number of pyridine rings is 1. The normalized spacial score (nSPS) is 17.7. The average molecular weight is 517 g/mol. The second-order valence-electron chi connectivity index (χ2n) is 9.67. The fraction of sp³-hybridized carbons (Fsp3) is 0.400. The number of Topliss-reactive ketones (excluding diaryl/α,β-unsaturated/α-hetero) is 1. The lowest BCUT2D eigenvalue weighted by Gasteiger charge is -2.47. The molecule has 0 saturated heterocycles. The Kier molecular flexibility index (Phi) is 6.54. The molecule has 0 radical (unpaired) electrons. The largest absolute Gasteiger partial charge is 0.503 e. The molecule has 1 aliphatic heterocycles. The molecule has 3 heterocycles. The van der Waals surface area contributed by atoms with Gasteiger partial charge in [-0.15, -0.1) is 10.2 Å². The Bertz CT molecular complexity index is 1430. The fourth-order valence-corrected chi connectivity index (χ4v) is 5.65. The summed E-state index contributed by atoms with van der Waals surface area (Å²) < 4.78 is 28.7. The van der Waals surface area contributed by atoms with E-state index in [1.807, 2.05) is 0 Å². The van der Waals surface area contributed by atoms with Crippen molar-refractivity contribution in [3.05, 3.63) is 62.5 Å². The number of nitrogens with zero attached hydrogens (tertiary/aromatic N) is 4. The van der Waals surface area contributed by atoms with Crippen LogP contribution in [0.15, 0.2) is 29.2 Å². The number of fused-ring (bicyclic) bond motifs is 1. The van der Waals surface area contributed by atoms with Crippen molar-refractivity contribution < 1.29 is 23.5 Å². The molecule has 1 amide bonds. The van der Waals surface area contributed by atoms with Crippen molar-refractivity contribution in [1.29, 1.82) is 0 Å². The van der Waals surface area contributed by atoms with Gasteiger partial charge in [0, 0.05) is 30.6 Å². The molecule has 36 heavy (non-hydrogen) atoms. The molecule has 0 aliphatic carbocycles. The van der Waals surface area contributed by atoms with Gasteiger partial charge in [0.05, 0.1) is 12.1 Å². The van der Waals surface area contributed by atoms with Gasteiger partial charge in [-0.25, -0.2) is 8.78 Å². The third-order valence-electron chi connectivity index (χ3n) is 6.31. The predicted molar refractivity (Wildman–Crippen MR) is 130 cm³/mol. The van der Waals surface area contributed by atoms with E-state index in [-0.39, 0.29) is 52.5 Å². The van der Waals surface area contributed by atoms with Crippen LogP contribution in [0.5, 0.6) is 5.75 Å². The Morgan fingerprint density at radius 2 is 1.89 bits per heavy atom. The zero-order chi connectivity index (χ0) is 26.5. The number of ketones is 1. The van der Waals surface area contributed by atoms with Crippen LogP contribution in [0.1, 0.15) is 55.7 Å². The number of hydrogen-bond acceptors (Lipinski definition) is 7. The molecule has 3 aromatic rings. The maximum atomic E-state index is 14.1. The van der Waals surface area contributed by atoms with Gasteiger partial charge in [0.1, 0.15) is 22.2 Å². The molecule has 0 spiro atoms. The van der Waals surface area contributed by atoms with Gasteiger partial charge < -0.3 is 14.6 Å². The van der Waals surface area contributed by atoms with Gasteiger partial charge >= 0.3 is 0 Å². The van der Waals surface area contributed by atoms with E-state index in [0.29, 0.717) is 5.01 Å². The van der Waals surface area contributed by atoms with Crippen molar-refractivity contribution in [3.63, 3.8) is 0 Å². The summed E-state index contributed by atoms with van der Waals surface area (Å²) in [7, 11) is 0. The average Bonchev–Trinajstić information content (AvgIpc) is 3.25. The Morgan fingerprint density at radius 3 is 2.50 bits per heavy atom. The SMILES string of the molecule is CC(C)C(=O)[C@]1(C)Cn2cc(-c3nnc(Cc4ccc(F)cc4F)s3)c(=O)c(O)c2C(=O)N1C(C)C. The Labute approximate surface area is 210 Å². The topological polar surface area (TPSA) is 105 Å². The van der Waals surface area contributed by atoms with Crippen molar-refractivity contribution in [2.75, 3.05) is 0 Å². The molecule has 1 aromatic carbocycles. The number of rotatable bonds is 6. The minimum absolute atomic E-state index is 0.00437. The van der Waals surface area contributed by atoms with Gasteiger partial charge in [-0.3, -0.25) is 14.4 Å². The zero-order valence-corrected chi connectivity index (χ0v) is 21.3. The molecule has 0 unspecified atom stereocenters. The summed E-state index contributed by atoms with van der Waals surface area (Å²) in [5.74, 6) is -3.26. The Morgan fingerprint density at radius 1 is 1.19 bits per heavy atom. The molecule has 2 aromatic heterocycles. The lowest BCUT2D eigenvalue weighted by atomic mass is 9.84. The zero-order valence-electron chi connectivity index (χ0n) is 20.5. The van der Waals surface area contributed by atoms with Gasteiger partial charge in [-0.1, -0.05) is 31.3 Å². The summed E-state index contributed by atoms with van der Waals surface area (Å²) in [4.78, 5) is 41.2. The quantitative estimate of drug-likeness (QED) is 0.535. The number of carbonyl (C=O) groups is 2. The minimum atomic E-state index is -1.20. The van der Waals surface area contributed by atoms with Gasteiger partial charge in [-0.2, -0.15) is 0 Å². The third-order valence-corrected chi connectivity index (χ3v) is 7.27. The molecule has 8 nitrogen and oxygen atoms in total. The molecule has 4 rings (SSSR count). The molecule has 1 atom stereocenters. The minimum Gasteiger partial charge on any atom is -0.503 e. The monoisotopic (exact) mass is 516 g/mol. The van der Waals surface area contributed by atoms with E-state index in [0.717, 1.165) is 23.5 Å². The first kappa shape index (κ1) is 25.6. The molecule has 0 fully saturated rings. The van der Waals surface area contributed by atoms with Crippen LogP contribution in [0.25, 0.3) is 10.6 Å². The van der Waals surface area contributed by atoms with Crippen LogP contribution in [0, 0.1) is 17.6 Å². The molecule has 0 bridgehead atoms. The third kappa shape index (κ3) is 4.21. The lowest BCUT2D eigenvalue weighted by Crippen LogP contribution is -2.64. The van der Waals surface area contributed by atoms with Crippen molar-refractivity contribution in [2.45, 2.75) is 59.2 Å². The van der Waals surface area contributed by atoms with E-state index in [1.165, 1.54) is 21.7 Å². The second-order valence-corrected chi connectivity index (χ2v) is 10.7. The van der Waals surface area contributed by atoms with Crippen LogP contribution >= 0.6 is 11.3 Å². The van der Waals surface area contributed by atoms with Crippen molar-refractivity contribution >= 4 is 23.0 Å². The van der Waals surface area contributed by atoms with Gasteiger partial charge in [0.2, 0.25) is 5.43 Å². The van der Waals surface area contributed by atoms with Crippen molar-refractivity contribution in [3.8, 4) is 16.3 Å². The predicted octanol–water partition coefficient (Wildman–Crippen LogP) is 3.79. The number of halogens is 2. The van der Waals surface area contributed by atoms with Gasteiger partial charge in [0.15, 0.2) is 22.2 Å². The summed E-state index contributed by atoms with van der Waals surface area (Å²) in [5, 5.41) is 19.4. The smallest absolute Gasteiger partial charge is 0.275 e. The summed E-state index contributed by atoms with van der Waals surface area (Å²) >= 11 is 1.02. The molecule has 1 aliphatic rings. The van der Waals surface area contributed by atoms with Crippen LogP contribution in [0.2, 0.25) is 0 Å². The van der Waals surface area contributed by atoms with Gasteiger partial charge in [0.25, 0.3) is 5.91 Å². The van der Waals surface area contributed by atoms with Crippen LogP contribution in [0.4, 0.5) is 8.78 Å². The highest BCUT2D eigenvalue weighted by Gasteiger charge is 2.49. The first-order chi connectivity index (χ1) is 16.8. The lowest BCUT2D eigenvalue weighted by molar-refractivity contribution is -0.134. The molecule has 190 valence electrons. The maximum absolute atomic E-state index is 14.1. The number of aromatic nitrogens is 3. The van der Waals surface area contributed by atoms with E-state index < -0.39 is 34.3 Å². The summed E-state index contributed by atoms with van der Waals surface area (Å²) in [6.07, 6.45) is 1.44. The van der Waals surface area contributed by atoms with Gasteiger partial charge in [-0.05, 0) is 32.4 Å². The molecule has 11 heteroatoms. The Hall–Kier alpha value is -3.47. The molecular formula is C25H26F2N4O4S. The van der Waals surface area contributed by atoms with Crippen molar-refractivity contribution in [2.24, 2.45) is 5.92 Å². The van der Waals surface area contributed by atoms with Crippen LogP contribution in [0.3, 0.4) is 0 Å². The van der Waals surface area contributed by atoms with E-state index in [9.17, 15) is 28.3 Å². The number of benzene rings is 1. The summed E-state index contributed by atoms with van der Waals surface area (Å²) in [6.45, 7) is 8.79. The number of hydrogen-bond donors (Lipinski definition) is 1. The Balaban J connectivity index is 1.78. The highest BCUT2D eigenvalue weighted by molar-refractivity contribution is 7.14. The maximum Gasteiger partial charge on any atom is 0.275 e. The first-order valence-corrected chi connectivity index (χ1v) is 12.3. The summed E-state index contributed by atoms with van der Waals surface area (Å²) in [5.41, 5.74) is -1.97. The van der Waals surface area contributed by atoms with Crippen molar-refractivity contribution in [1.82, 2.24) is 19.7 Å². The number of amides is 1. The molecule has 0 saturated carbocycles. The van der Waals surface area contributed by atoms with E-state index in [1.54, 1.807) is 34.6 Å². The molecular weight excluding hydrogens is 490 g/mol. The van der Waals surface area contributed by atoms with Crippen LogP contribution < -0.4 is 5.43 Å².